The van der Waals surface area contributed by atoms with Gasteiger partial charge in [-0.1, -0.05) is 42.5 Å². The number of piperidine rings is 1. The van der Waals surface area contributed by atoms with Crippen molar-refractivity contribution in [2.45, 2.75) is 25.4 Å². The quantitative estimate of drug-likeness (QED) is 0.689. The first-order valence-corrected chi connectivity index (χ1v) is 10.2. The van der Waals surface area contributed by atoms with Crippen LogP contribution in [-0.2, 0) is 13.1 Å². The van der Waals surface area contributed by atoms with E-state index in [1.54, 1.807) is 12.1 Å². The van der Waals surface area contributed by atoms with Crippen molar-refractivity contribution >= 4 is 0 Å². The maximum atomic E-state index is 13.3. The maximum Gasteiger partial charge on any atom is 0.258 e. The van der Waals surface area contributed by atoms with Crippen LogP contribution in [0.15, 0.2) is 71.5 Å². The number of hydrogen-bond donors (Lipinski definition) is 0. The van der Waals surface area contributed by atoms with Gasteiger partial charge in [-0.15, -0.1) is 0 Å². The van der Waals surface area contributed by atoms with Crippen LogP contribution in [0.1, 0.15) is 29.2 Å². The van der Waals surface area contributed by atoms with Crippen molar-refractivity contribution in [3.8, 4) is 17.2 Å². The summed E-state index contributed by atoms with van der Waals surface area (Å²) in [4.78, 5) is 15.8. The minimum Gasteiger partial charge on any atom is -0.311 e. The molecule has 3 aromatic rings. The number of benzene rings is 2. The summed E-state index contributed by atoms with van der Waals surface area (Å²) in [6.45, 7) is 3.78. The van der Waals surface area contributed by atoms with E-state index >= 15 is 0 Å². The van der Waals surface area contributed by atoms with E-state index in [-0.39, 0.29) is 5.56 Å². The molecule has 2 aliphatic rings. The summed E-state index contributed by atoms with van der Waals surface area (Å²) < 4.78 is 1.99. The van der Waals surface area contributed by atoms with E-state index < -0.39 is 0 Å². The molecular formula is C25H23N3O. The third-order valence-corrected chi connectivity index (χ3v) is 6.23. The lowest BCUT2D eigenvalue weighted by atomic mass is 9.82. The van der Waals surface area contributed by atoms with Gasteiger partial charge in [-0.25, -0.2) is 0 Å². The van der Waals surface area contributed by atoms with Crippen molar-refractivity contribution in [3.63, 3.8) is 0 Å². The van der Waals surface area contributed by atoms with Crippen LogP contribution in [0.5, 0.6) is 0 Å². The molecule has 1 aromatic heterocycles. The smallest absolute Gasteiger partial charge is 0.258 e. The second-order valence-corrected chi connectivity index (χ2v) is 8.26. The Bertz CT molecular complexity index is 1140. The summed E-state index contributed by atoms with van der Waals surface area (Å²) >= 11 is 0. The Morgan fingerprint density at radius 3 is 2.66 bits per heavy atom. The lowest BCUT2D eigenvalue weighted by Crippen LogP contribution is -2.46. The third kappa shape index (κ3) is 3.39. The van der Waals surface area contributed by atoms with Crippen molar-refractivity contribution in [2.75, 3.05) is 13.1 Å². The van der Waals surface area contributed by atoms with Crippen molar-refractivity contribution in [1.82, 2.24) is 9.47 Å². The third-order valence-electron chi connectivity index (χ3n) is 6.23. The average molecular weight is 381 g/mol. The summed E-state index contributed by atoms with van der Waals surface area (Å²) in [5.74, 6) is 0.904. The van der Waals surface area contributed by atoms with Gasteiger partial charge >= 0.3 is 0 Å². The van der Waals surface area contributed by atoms with E-state index in [0.29, 0.717) is 23.0 Å². The van der Waals surface area contributed by atoms with E-state index in [1.807, 2.05) is 22.8 Å². The first kappa shape index (κ1) is 17.9. The van der Waals surface area contributed by atoms with E-state index in [2.05, 4.69) is 47.4 Å². The SMILES string of the molecule is N#Cc1cccc(-c2ccc3n(c2=O)C[C@@H]2C[C@@H]3CN(Cc3ccccc3)C2)c1. The highest BCUT2D eigenvalue weighted by Crippen LogP contribution is 2.36. The molecule has 0 radical (unpaired) electrons. The highest BCUT2D eigenvalue weighted by molar-refractivity contribution is 5.64. The van der Waals surface area contributed by atoms with E-state index in [4.69, 9.17) is 0 Å². The zero-order valence-corrected chi connectivity index (χ0v) is 16.3. The second-order valence-electron chi connectivity index (χ2n) is 8.26. The van der Waals surface area contributed by atoms with Crippen molar-refractivity contribution < 1.29 is 0 Å². The highest BCUT2D eigenvalue weighted by Gasteiger charge is 2.34. The Labute approximate surface area is 170 Å². The van der Waals surface area contributed by atoms with Crippen LogP contribution in [0, 0.1) is 17.2 Å². The van der Waals surface area contributed by atoms with Gasteiger partial charge in [0.15, 0.2) is 0 Å². The number of likely N-dealkylation sites (tertiary alicyclic amines) is 1. The largest absolute Gasteiger partial charge is 0.311 e. The standard InChI is InChI=1S/C25H23N3O/c26-13-19-7-4-8-21(11-19)23-9-10-24-22-12-20(16-28(24)25(23)29)15-27(17-22)14-18-5-2-1-3-6-18/h1-11,20,22H,12,14-17H2/t20-,22-/m1/s1. The van der Waals surface area contributed by atoms with Crippen LogP contribution in [0.25, 0.3) is 11.1 Å². The Hall–Kier alpha value is -3.16. The topological polar surface area (TPSA) is 49.0 Å². The Balaban J connectivity index is 1.45. The monoisotopic (exact) mass is 381 g/mol. The summed E-state index contributed by atoms with van der Waals surface area (Å²) in [7, 11) is 0. The number of fused-ring (bicyclic) bond motifs is 4. The Morgan fingerprint density at radius 2 is 1.83 bits per heavy atom. The van der Waals surface area contributed by atoms with Crippen LogP contribution in [-0.4, -0.2) is 22.6 Å². The molecule has 1 saturated heterocycles. The maximum absolute atomic E-state index is 13.3. The molecule has 2 atom stereocenters. The van der Waals surface area contributed by atoms with Crippen LogP contribution in [0.4, 0.5) is 0 Å². The Kier molecular flexibility index (Phi) is 4.54. The molecule has 1 fully saturated rings. The number of rotatable bonds is 3. The number of hydrogen-bond acceptors (Lipinski definition) is 3. The van der Waals surface area contributed by atoms with Crippen LogP contribution in [0.3, 0.4) is 0 Å². The summed E-state index contributed by atoms with van der Waals surface area (Å²) in [6.07, 6.45) is 1.16. The molecule has 0 spiro atoms. The molecule has 0 saturated carbocycles. The molecule has 4 nitrogen and oxygen atoms in total. The van der Waals surface area contributed by atoms with Gasteiger partial charge in [0.25, 0.3) is 5.56 Å². The molecule has 0 unspecified atom stereocenters. The van der Waals surface area contributed by atoms with Gasteiger partial charge in [0.2, 0.25) is 0 Å². The van der Waals surface area contributed by atoms with Gasteiger partial charge in [-0.2, -0.15) is 5.26 Å². The van der Waals surface area contributed by atoms with Gasteiger partial charge < -0.3 is 4.57 Å². The molecule has 2 aromatic carbocycles. The number of nitrogens with zero attached hydrogens (tertiary/aromatic N) is 3. The van der Waals surface area contributed by atoms with Gasteiger partial charge in [-0.05, 0) is 47.7 Å². The molecule has 4 heteroatoms. The van der Waals surface area contributed by atoms with Gasteiger partial charge in [0, 0.05) is 43.4 Å². The fourth-order valence-corrected chi connectivity index (χ4v) is 4.99. The predicted molar refractivity (Wildman–Crippen MR) is 113 cm³/mol. The molecule has 2 bridgehead atoms. The minimum absolute atomic E-state index is 0.0730. The van der Waals surface area contributed by atoms with Crippen molar-refractivity contribution in [2.24, 2.45) is 5.92 Å². The lowest BCUT2D eigenvalue weighted by Gasteiger charge is -2.43. The fraction of sp³-hybridized carbons (Fsp3) is 0.280. The molecule has 144 valence electrons. The normalized spacial score (nSPS) is 20.7. The molecule has 3 heterocycles. The lowest BCUT2D eigenvalue weighted by molar-refractivity contribution is 0.114. The van der Waals surface area contributed by atoms with Gasteiger partial charge in [-0.3, -0.25) is 9.69 Å². The first-order chi connectivity index (χ1) is 14.2. The molecular weight excluding hydrogens is 358 g/mol. The summed E-state index contributed by atoms with van der Waals surface area (Å²) in [6, 6.07) is 24.2. The second kappa shape index (κ2) is 7.35. The fourth-order valence-electron chi connectivity index (χ4n) is 4.99. The summed E-state index contributed by atoms with van der Waals surface area (Å²) in [5, 5.41) is 9.17. The zero-order chi connectivity index (χ0) is 19.8. The van der Waals surface area contributed by atoms with E-state index in [0.717, 1.165) is 43.9 Å². The molecule has 0 N–H and O–H groups in total. The average Bonchev–Trinajstić information content (AvgIpc) is 2.75. The van der Waals surface area contributed by atoms with Crippen LogP contribution >= 0.6 is 0 Å². The predicted octanol–water partition coefficient (Wildman–Crippen LogP) is 4.01. The molecule has 29 heavy (non-hydrogen) atoms. The number of aromatic nitrogens is 1. The zero-order valence-electron chi connectivity index (χ0n) is 16.3. The van der Waals surface area contributed by atoms with Gasteiger partial charge in [0.1, 0.15) is 0 Å². The van der Waals surface area contributed by atoms with Crippen molar-refractivity contribution in [1.29, 1.82) is 5.26 Å². The highest BCUT2D eigenvalue weighted by atomic mass is 16.1. The Morgan fingerprint density at radius 1 is 0.966 bits per heavy atom. The van der Waals surface area contributed by atoms with Crippen LogP contribution < -0.4 is 5.56 Å². The molecule has 5 rings (SSSR count). The minimum atomic E-state index is 0.0730. The molecule has 2 aliphatic heterocycles. The summed E-state index contributed by atoms with van der Waals surface area (Å²) in [5.41, 5.74) is 4.67. The number of pyridine rings is 1. The molecule has 0 amide bonds. The molecule has 0 aliphatic carbocycles. The first-order valence-electron chi connectivity index (χ1n) is 10.2. The number of nitriles is 1. The van der Waals surface area contributed by atoms with E-state index in [9.17, 15) is 10.1 Å². The van der Waals surface area contributed by atoms with Crippen molar-refractivity contribution in [3.05, 3.63) is 93.9 Å². The van der Waals surface area contributed by atoms with Gasteiger partial charge in [0.05, 0.1) is 11.6 Å². The van der Waals surface area contributed by atoms with E-state index in [1.165, 1.54) is 5.56 Å². The van der Waals surface area contributed by atoms with Crippen LogP contribution in [0.2, 0.25) is 0 Å².